The summed E-state index contributed by atoms with van der Waals surface area (Å²) in [5.41, 5.74) is 5.27. The number of hydrogen-bond donors (Lipinski definition) is 27. The smallest absolute Gasteiger partial charge is 0.477 e. The predicted octanol–water partition coefficient (Wildman–Crippen LogP) is -15.8. The zero-order chi connectivity index (χ0) is 69.0. The summed E-state index contributed by atoms with van der Waals surface area (Å²) in [6, 6.07) is 0. The first-order valence-corrected chi connectivity index (χ1v) is 31.9. The third kappa shape index (κ3) is 18.7. The highest BCUT2D eigenvalue weighted by Gasteiger charge is 2.62. The van der Waals surface area contributed by atoms with Crippen molar-refractivity contribution in [3.05, 3.63) is 0 Å². The molecule has 0 spiro atoms. The van der Waals surface area contributed by atoms with Crippen molar-refractivity contribution in [2.45, 2.75) is 208 Å². The summed E-state index contributed by atoms with van der Waals surface area (Å²) in [6.07, 6.45) is -80.4. The summed E-state index contributed by atoms with van der Waals surface area (Å²) in [7, 11) is -18.4. The number of hydrogen-bond acceptors (Lipinski definition) is 41. The number of rotatable bonds is 30. The van der Waals surface area contributed by atoms with Crippen LogP contribution in [0.15, 0.2) is 0 Å². The van der Waals surface area contributed by atoms with E-state index in [2.05, 4.69) is 8.83 Å². The normalized spacial score (nSPS) is 45.1. The fourth-order valence-corrected chi connectivity index (χ4v) is 13.2. The first kappa shape index (κ1) is 79.5. The van der Waals surface area contributed by atoms with Crippen LogP contribution in [-0.4, -0.2) is 393 Å². The lowest BCUT2D eigenvalue weighted by Gasteiger charge is -2.51. The van der Waals surface area contributed by atoms with Gasteiger partial charge in [-0.2, -0.15) is 4.31 Å². The van der Waals surface area contributed by atoms with E-state index < -0.39 is 291 Å². The van der Waals surface area contributed by atoms with Gasteiger partial charge in [-0.1, -0.05) is 0 Å². The van der Waals surface area contributed by atoms with Crippen molar-refractivity contribution in [1.82, 2.24) is 0 Å². The van der Waals surface area contributed by atoms with Crippen LogP contribution in [0.5, 0.6) is 0 Å². The van der Waals surface area contributed by atoms with Crippen molar-refractivity contribution in [2.75, 3.05) is 52.8 Å². The van der Waals surface area contributed by atoms with E-state index >= 15 is 0 Å². The maximum atomic E-state index is 13.8. The second-order valence-electron chi connectivity index (χ2n) is 21.5. The molecule has 0 saturated carbocycles. The lowest BCUT2D eigenvalue weighted by Crippen LogP contribution is -2.70. The monoisotopic (exact) mass is 1420 g/mol. The first-order valence-electron chi connectivity index (χ1n) is 27.4. The minimum absolute atomic E-state index is 0.539. The second-order valence-corrected chi connectivity index (χ2v) is 25.7. The third-order valence-electron chi connectivity index (χ3n) is 15.0. The Labute approximate surface area is 516 Å². The maximum absolute atomic E-state index is 13.8. The van der Waals surface area contributed by atoms with Crippen LogP contribution in [0.4, 0.5) is 0 Å². The number of carboxylic acid groups (broad SMARTS) is 1. The Kier molecular flexibility index (Phi) is 28.6. The third-order valence-corrected chi connectivity index (χ3v) is 18.2. The van der Waals surface area contributed by atoms with Crippen molar-refractivity contribution in [3.8, 4) is 0 Å². The van der Waals surface area contributed by atoms with E-state index in [9.17, 15) is 150 Å². The number of carboxylic acids is 1. The maximum Gasteiger partial charge on any atom is 0.481 e. The number of phosphoric ester groups is 3. The molecule has 0 aliphatic carbocycles. The number of aliphatic carboxylic acids is 1. The molecule has 540 valence electrons. The molecule has 6 aliphatic rings. The van der Waals surface area contributed by atoms with E-state index in [4.69, 9.17) is 66.9 Å². The summed E-state index contributed by atoms with van der Waals surface area (Å²) in [6.45, 7) is -9.33. The van der Waals surface area contributed by atoms with Crippen LogP contribution in [0, 0.1) is 0 Å². The molecule has 6 saturated heterocycles. The van der Waals surface area contributed by atoms with E-state index in [-0.39, 0.29) is 0 Å². The largest absolute Gasteiger partial charge is 0.481 e. The van der Waals surface area contributed by atoms with Gasteiger partial charge in [0, 0.05) is 13.0 Å². The Bertz CT molecular complexity index is 2460. The van der Waals surface area contributed by atoms with Crippen LogP contribution < -0.4 is 5.73 Å². The van der Waals surface area contributed by atoms with Crippen molar-refractivity contribution >= 4 is 29.4 Å². The van der Waals surface area contributed by atoms with Crippen LogP contribution in [0.2, 0.25) is 0 Å². The van der Waals surface area contributed by atoms with Crippen LogP contribution in [0.25, 0.3) is 0 Å². The van der Waals surface area contributed by atoms with Gasteiger partial charge in [-0.3, -0.25) is 13.6 Å². The van der Waals surface area contributed by atoms with Crippen molar-refractivity contribution < 1.29 is 220 Å². The fourth-order valence-electron chi connectivity index (χ4n) is 10.4. The Balaban J connectivity index is 1.49. The molecule has 35 atom stereocenters. The summed E-state index contributed by atoms with van der Waals surface area (Å²) in [5, 5.41) is 237. The quantitative estimate of drug-likeness (QED) is 0.0297. The van der Waals surface area contributed by atoms with E-state index in [1.54, 1.807) is 0 Å². The Morgan fingerprint density at radius 3 is 1.42 bits per heavy atom. The highest BCUT2D eigenvalue weighted by atomic mass is 31.3. The van der Waals surface area contributed by atoms with Gasteiger partial charge in [0.2, 0.25) is 0 Å². The van der Waals surface area contributed by atoms with Gasteiger partial charge in [-0.25, -0.2) is 18.5 Å². The summed E-state index contributed by atoms with van der Waals surface area (Å²) in [4.78, 5) is 54.1. The molecule has 0 amide bonds. The molecule has 6 fully saturated rings. The van der Waals surface area contributed by atoms with Gasteiger partial charge in [0.15, 0.2) is 31.5 Å². The minimum Gasteiger partial charge on any atom is -0.477 e. The van der Waals surface area contributed by atoms with Gasteiger partial charge in [0.1, 0.15) is 159 Å². The van der Waals surface area contributed by atoms with E-state index in [1.807, 2.05) is 0 Å². The Morgan fingerprint density at radius 2 is 0.913 bits per heavy atom. The van der Waals surface area contributed by atoms with Gasteiger partial charge in [0.25, 0.3) is 5.79 Å². The average Bonchev–Trinajstić information content (AvgIpc) is 0.765. The van der Waals surface area contributed by atoms with Gasteiger partial charge in [0.05, 0.1) is 52.4 Å². The van der Waals surface area contributed by atoms with Gasteiger partial charge < -0.3 is 190 Å². The van der Waals surface area contributed by atoms with Crippen LogP contribution in [0.3, 0.4) is 0 Å². The minimum atomic E-state index is -6.40. The van der Waals surface area contributed by atoms with Crippen LogP contribution in [0.1, 0.15) is 6.42 Å². The van der Waals surface area contributed by atoms with Crippen molar-refractivity contribution in [2.24, 2.45) is 5.73 Å². The molecule has 28 N–H and O–H groups in total. The van der Waals surface area contributed by atoms with E-state index in [0.717, 1.165) is 0 Å². The molecule has 49 heteroatoms. The highest BCUT2D eigenvalue weighted by molar-refractivity contribution is 7.61. The topological polar surface area (TPSA) is 759 Å². The van der Waals surface area contributed by atoms with Gasteiger partial charge >= 0.3 is 29.4 Å². The molecule has 3 unspecified atom stereocenters. The van der Waals surface area contributed by atoms with Crippen LogP contribution in [-0.2, 0) is 88.5 Å². The molecule has 0 aromatic rings. The molecule has 6 aliphatic heterocycles. The fraction of sp³-hybridized carbons (Fsp3) is 0.977. The molecule has 92 heavy (non-hydrogen) atoms. The zero-order valence-corrected chi connectivity index (χ0v) is 49.8. The molecule has 0 radical (unpaired) electrons. The highest BCUT2D eigenvalue weighted by Crippen LogP contribution is 2.62. The number of aliphatic hydroxyl groups excluding tert-OH is 20. The second kappa shape index (κ2) is 33.1. The molecule has 0 bridgehead atoms. The lowest BCUT2D eigenvalue weighted by molar-refractivity contribution is -0.398. The number of aliphatic hydroxyl groups is 21. The average molecular weight is 1420 g/mol. The Morgan fingerprint density at radius 1 is 0.489 bits per heavy atom. The first-order chi connectivity index (χ1) is 42.8. The predicted molar refractivity (Wildman–Crippen MR) is 274 cm³/mol. The molecular weight excluding hydrogens is 1340 g/mol. The molecule has 46 nitrogen and oxygen atoms in total. The van der Waals surface area contributed by atoms with Crippen molar-refractivity contribution in [1.29, 1.82) is 0 Å². The molecule has 6 rings (SSSR count). The number of ether oxygens (including phenoxy) is 11. The Hall–Kier alpha value is -1.48. The molecule has 0 aromatic carbocycles. The summed E-state index contributed by atoms with van der Waals surface area (Å²) < 4.78 is 119. The standard InChI is InChI=1S/C43H78NO45P3/c44-1-2-76-91(71,72)89-92(73,74)88-36-29(12(52)5-46)81-40(80-28-10(50)3-43(67,42(65)66)86-31(28)13(53)6-47)26(64)34(36)85-41-25(63)33(84-39-24(62)32(18(56)16(8-49)78-39)83-38-23(61)19(57)17(55)15(7-48)77-38)35(87-90(68,69)70)30(82-41)14(54)9-75-37-22(60)20(58)21(59)27(79-37)11(51)4-45/h10-41,45-64,67H,1-9,44H2,(H,65,66)(H,71,72)(H,73,74)(H2,68,69,70)/t10-,11+,12+,13-,14+,15-,16-,17+,18-,19+,20+,21+,22+,23-,24-,25+,26+,27-,28-,29-,30-,31-,32+,33-,34-,35-,36-,37+,38-,39-,40+,41-,43?/m1/s1. The van der Waals surface area contributed by atoms with Gasteiger partial charge in [-0.15, -0.1) is 0 Å². The number of carbonyl (C=O) groups is 1. The number of nitrogens with two attached hydrogens (primary N) is 1. The molecule has 6 heterocycles. The summed E-state index contributed by atoms with van der Waals surface area (Å²) >= 11 is 0. The van der Waals surface area contributed by atoms with E-state index in [1.165, 1.54) is 0 Å². The van der Waals surface area contributed by atoms with E-state index in [0.29, 0.717) is 0 Å². The molecule has 0 aromatic heterocycles. The zero-order valence-electron chi connectivity index (χ0n) is 47.1. The SMILES string of the molecule is NCCOP(=O)(O)OP(=O)(O)O[C@H]1[C@H](O[C@H]2O[C@H]([C@@H](O)CO[C@H]3O[C@H]([C@@H](O)CO)[C@@H](O)[C@H](O)[C@@H]3O)[C@@H](OP(=O)(O)O)[C@H](O[C@H]3O[C@H](CO)[C@@H](O)[C@H](O[C@H]4O[C@H](CO)[C@H](O)[C@H](O)[C@H]4O)[C@H]3O)[C@@H]2O)[C@H](O)[C@@H](O[C@H]2[C@@H]([C@H](O)CO)OC(O)(C(=O)O)C[C@H]2O)O[C@@H]1[C@@H](O)CO. The van der Waals surface area contributed by atoms with Gasteiger partial charge in [-0.05, 0) is 0 Å². The lowest BCUT2D eigenvalue weighted by atomic mass is 9.91. The summed E-state index contributed by atoms with van der Waals surface area (Å²) in [5.74, 6) is -5.56. The number of phosphoric acid groups is 3. The van der Waals surface area contributed by atoms with Crippen molar-refractivity contribution in [3.63, 3.8) is 0 Å². The van der Waals surface area contributed by atoms with Crippen LogP contribution >= 0.6 is 23.5 Å². The molecular formula is C43H78NO45P3.